The van der Waals surface area contributed by atoms with Gasteiger partial charge in [-0.2, -0.15) is 0 Å². The molecule has 0 aromatic rings. The fraction of sp³-hybridized carbons (Fsp3) is 1.00. The minimum Gasteiger partial charge on any atom is -0.396 e. The predicted octanol–water partition coefficient (Wildman–Crippen LogP) is 1.41. The minimum absolute atomic E-state index is 0.0704. The summed E-state index contributed by atoms with van der Waals surface area (Å²) in [5.41, 5.74) is 0.393. The van der Waals surface area contributed by atoms with Gasteiger partial charge in [-0.25, -0.2) is 0 Å². The van der Waals surface area contributed by atoms with Gasteiger partial charge in [0, 0.05) is 30.5 Å². The largest absolute Gasteiger partial charge is 0.396 e. The smallest absolute Gasteiger partial charge is 0.0554 e. The van der Waals surface area contributed by atoms with E-state index in [0.717, 1.165) is 39.1 Å². The molecule has 0 radical (unpaired) electrons. The van der Waals surface area contributed by atoms with Gasteiger partial charge in [0.05, 0.1) is 13.2 Å². The Balaban J connectivity index is 2.27. The Bertz CT molecular complexity index is 178. The van der Waals surface area contributed by atoms with Gasteiger partial charge in [0.15, 0.2) is 0 Å². The molecule has 0 aromatic heterocycles. The van der Waals surface area contributed by atoms with Crippen molar-refractivity contribution in [1.29, 1.82) is 0 Å². The fourth-order valence-electron chi connectivity index (χ4n) is 1.96. The summed E-state index contributed by atoms with van der Waals surface area (Å²) in [7, 11) is 0. The summed E-state index contributed by atoms with van der Waals surface area (Å²) in [5, 5.41) is 12.9. The van der Waals surface area contributed by atoms with E-state index in [1.54, 1.807) is 0 Å². The molecule has 0 spiro atoms. The summed E-state index contributed by atoms with van der Waals surface area (Å²) >= 11 is 0. The highest BCUT2D eigenvalue weighted by molar-refractivity contribution is 4.85. The van der Waals surface area contributed by atoms with Crippen LogP contribution in [0.25, 0.3) is 0 Å². The molecule has 0 bridgehead atoms. The highest BCUT2D eigenvalue weighted by Gasteiger charge is 2.34. The molecule has 0 aliphatic carbocycles. The number of hydrogen-bond donors (Lipinski definition) is 2. The Morgan fingerprint density at radius 1 is 1.33 bits per heavy atom. The molecule has 1 saturated heterocycles. The molecule has 1 fully saturated rings. The van der Waals surface area contributed by atoms with Crippen LogP contribution in [-0.4, -0.2) is 38.0 Å². The van der Waals surface area contributed by atoms with Crippen LogP contribution in [-0.2, 0) is 4.74 Å². The van der Waals surface area contributed by atoms with Crippen LogP contribution in [0.4, 0.5) is 0 Å². The summed E-state index contributed by atoms with van der Waals surface area (Å²) in [6, 6.07) is 0. The Morgan fingerprint density at radius 3 is 2.27 bits per heavy atom. The fourth-order valence-corrected chi connectivity index (χ4v) is 1.96. The molecule has 1 rings (SSSR count). The van der Waals surface area contributed by atoms with Crippen molar-refractivity contribution in [3.63, 3.8) is 0 Å². The molecule has 2 N–H and O–H groups in total. The van der Waals surface area contributed by atoms with Gasteiger partial charge in [-0.15, -0.1) is 0 Å². The number of rotatable bonds is 7. The first-order valence-electron chi connectivity index (χ1n) is 5.99. The van der Waals surface area contributed by atoms with Crippen LogP contribution in [0.2, 0.25) is 0 Å². The van der Waals surface area contributed by atoms with Gasteiger partial charge in [0.25, 0.3) is 0 Å². The van der Waals surface area contributed by atoms with Crippen LogP contribution in [0, 0.1) is 10.8 Å². The van der Waals surface area contributed by atoms with Crippen LogP contribution in [0.3, 0.4) is 0 Å². The van der Waals surface area contributed by atoms with Crippen molar-refractivity contribution in [1.82, 2.24) is 5.32 Å². The Hall–Kier alpha value is -0.120. The lowest BCUT2D eigenvalue weighted by Crippen LogP contribution is -2.49. The third kappa shape index (κ3) is 3.16. The molecule has 0 unspecified atom stereocenters. The highest BCUT2D eigenvalue weighted by atomic mass is 16.5. The van der Waals surface area contributed by atoms with E-state index in [-0.39, 0.29) is 12.0 Å². The van der Waals surface area contributed by atoms with E-state index >= 15 is 0 Å². The van der Waals surface area contributed by atoms with Gasteiger partial charge >= 0.3 is 0 Å². The molecule has 0 aromatic carbocycles. The summed E-state index contributed by atoms with van der Waals surface area (Å²) < 4.78 is 5.21. The maximum absolute atomic E-state index is 9.41. The molecule has 90 valence electrons. The van der Waals surface area contributed by atoms with E-state index in [4.69, 9.17) is 4.74 Å². The lowest BCUT2D eigenvalue weighted by molar-refractivity contribution is -0.100. The van der Waals surface area contributed by atoms with E-state index in [1.165, 1.54) is 0 Å². The topological polar surface area (TPSA) is 41.5 Å². The zero-order valence-corrected chi connectivity index (χ0v) is 10.3. The molecule has 1 heterocycles. The zero-order valence-electron chi connectivity index (χ0n) is 10.3. The molecule has 0 atom stereocenters. The van der Waals surface area contributed by atoms with Crippen molar-refractivity contribution < 1.29 is 9.84 Å². The van der Waals surface area contributed by atoms with Crippen LogP contribution in [0.1, 0.15) is 33.6 Å². The lowest BCUT2D eigenvalue weighted by Gasteiger charge is -2.39. The van der Waals surface area contributed by atoms with Gasteiger partial charge < -0.3 is 15.2 Å². The third-order valence-corrected chi connectivity index (χ3v) is 3.79. The van der Waals surface area contributed by atoms with Crippen molar-refractivity contribution in [3.8, 4) is 0 Å². The Labute approximate surface area is 93.2 Å². The maximum Gasteiger partial charge on any atom is 0.0554 e. The molecule has 3 nitrogen and oxygen atoms in total. The molecule has 1 aliphatic heterocycles. The molecular formula is C12H25NO2. The van der Waals surface area contributed by atoms with E-state index < -0.39 is 0 Å². The number of aliphatic hydroxyl groups is 1. The van der Waals surface area contributed by atoms with E-state index in [2.05, 4.69) is 26.1 Å². The van der Waals surface area contributed by atoms with Crippen molar-refractivity contribution >= 4 is 0 Å². The number of ether oxygens (including phenoxy) is 1. The quantitative estimate of drug-likeness (QED) is 0.675. The molecular weight excluding hydrogens is 190 g/mol. The summed E-state index contributed by atoms with van der Waals surface area (Å²) in [4.78, 5) is 0. The zero-order chi connectivity index (χ0) is 11.4. The van der Waals surface area contributed by atoms with Gasteiger partial charge in [-0.3, -0.25) is 0 Å². The Kier molecular flexibility index (Phi) is 4.56. The second-order valence-electron chi connectivity index (χ2n) is 5.27. The highest BCUT2D eigenvalue weighted by Crippen LogP contribution is 2.27. The lowest BCUT2D eigenvalue weighted by atomic mass is 9.82. The Morgan fingerprint density at radius 2 is 1.93 bits per heavy atom. The van der Waals surface area contributed by atoms with E-state index in [0.29, 0.717) is 5.41 Å². The predicted molar refractivity (Wildman–Crippen MR) is 61.9 cm³/mol. The van der Waals surface area contributed by atoms with E-state index in [9.17, 15) is 5.11 Å². The second kappa shape index (κ2) is 5.28. The average Bonchev–Trinajstić information content (AvgIpc) is 2.23. The SMILES string of the molecule is CCC(CC)(CO)CNCC1(C)COC1. The summed E-state index contributed by atoms with van der Waals surface area (Å²) in [6.45, 7) is 10.4. The van der Waals surface area contributed by atoms with Crippen molar-refractivity contribution in [2.24, 2.45) is 10.8 Å². The van der Waals surface area contributed by atoms with Gasteiger partial charge in [0.1, 0.15) is 0 Å². The maximum atomic E-state index is 9.41. The van der Waals surface area contributed by atoms with Gasteiger partial charge in [0.2, 0.25) is 0 Å². The van der Waals surface area contributed by atoms with Crippen LogP contribution >= 0.6 is 0 Å². The van der Waals surface area contributed by atoms with Crippen LogP contribution in [0.5, 0.6) is 0 Å². The van der Waals surface area contributed by atoms with Crippen molar-refractivity contribution in [2.45, 2.75) is 33.6 Å². The molecule has 15 heavy (non-hydrogen) atoms. The normalized spacial score (nSPS) is 20.0. The summed E-state index contributed by atoms with van der Waals surface area (Å²) in [6.07, 6.45) is 2.06. The molecule has 3 heteroatoms. The standard InChI is InChI=1S/C12H25NO2/c1-4-12(5-2,8-14)7-13-6-11(3)9-15-10-11/h13-14H,4-10H2,1-3H3. The average molecular weight is 215 g/mol. The van der Waals surface area contributed by atoms with Crippen molar-refractivity contribution in [2.75, 3.05) is 32.9 Å². The monoisotopic (exact) mass is 215 g/mol. The second-order valence-corrected chi connectivity index (χ2v) is 5.27. The number of nitrogens with one attached hydrogen (secondary N) is 1. The van der Waals surface area contributed by atoms with Crippen LogP contribution in [0.15, 0.2) is 0 Å². The first-order valence-corrected chi connectivity index (χ1v) is 5.99. The van der Waals surface area contributed by atoms with E-state index in [1.807, 2.05) is 0 Å². The summed E-state index contributed by atoms with van der Waals surface area (Å²) in [5.74, 6) is 0. The van der Waals surface area contributed by atoms with Crippen molar-refractivity contribution in [3.05, 3.63) is 0 Å². The number of aliphatic hydroxyl groups excluding tert-OH is 1. The minimum atomic E-state index is 0.0704. The molecule has 1 aliphatic rings. The molecule has 0 saturated carbocycles. The molecule has 0 amide bonds. The number of hydrogen-bond acceptors (Lipinski definition) is 3. The first-order chi connectivity index (χ1) is 7.10. The van der Waals surface area contributed by atoms with Crippen LogP contribution < -0.4 is 5.32 Å². The third-order valence-electron chi connectivity index (χ3n) is 3.79. The first kappa shape index (κ1) is 12.9. The van der Waals surface area contributed by atoms with Gasteiger partial charge in [-0.05, 0) is 12.8 Å². The van der Waals surface area contributed by atoms with Gasteiger partial charge in [-0.1, -0.05) is 20.8 Å².